The lowest BCUT2D eigenvalue weighted by atomic mass is 10.1. The first-order chi connectivity index (χ1) is 8.63. The molecule has 1 aromatic rings. The molecule has 2 atom stereocenters. The minimum absolute atomic E-state index is 0.142. The summed E-state index contributed by atoms with van der Waals surface area (Å²) in [5, 5.41) is 3.35. The van der Waals surface area contributed by atoms with Crippen molar-refractivity contribution < 1.29 is 8.42 Å². The van der Waals surface area contributed by atoms with E-state index in [1.807, 2.05) is 30.3 Å². The van der Waals surface area contributed by atoms with Gasteiger partial charge in [0.15, 0.2) is 9.84 Å². The van der Waals surface area contributed by atoms with E-state index in [1.54, 1.807) is 0 Å². The Bertz CT molecular complexity index is 500. The van der Waals surface area contributed by atoms with Crippen LogP contribution in [0.5, 0.6) is 0 Å². The zero-order valence-electron chi connectivity index (χ0n) is 10.4. The van der Waals surface area contributed by atoms with Crippen LogP contribution in [-0.4, -0.2) is 25.8 Å². The first-order valence-electron chi connectivity index (χ1n) is 6.65. The molecule has 2 heterocycles. The molecule has 0 aromatic heterocycles. The van der Waals surface area contributed by atoms with Crippen molar-refractivity contribution in [3.05, 3.63) is 35.9 Å². The molecular weight excluding hydrogens is 246 g/mol. The van der Waals surface area contributed by atoms with Gasteiger partial charge in [-0.05, 0) is 31.2 Å². The van der Waals surface area contributed by atoms with Crippen LogP contribution in [0.4, 0.5) is 0 Å². The van der Waals surface area contributed by atoms with E-state index in [0.29, 0.717) is 12.1 Å². The molecule has 0 spiro atoms. The smallest absolute Gasteiger partial charge is 0.157 e. The fraction of sp³-hybridized carbons (Fsp3) is 0.571. The van der Waals surface area contributed by atoms with Gasteiger partial charge in [-0.3, -0.25) is 0 Å². The summed E-state index contributed by atoms with van der Waals surface area (Å²) in [4.78, 5) is 0. The topological polar surface area (TPSA) is 46.2 Å². The zero-order chi connectivity index (χ0) is 12.6. The lowest BCUT2D eigenvalue weighted by molar-refractivity contribution is 0.401. The van der Waals surface area contributed by atoms with Crippen LogP contribution < -0.4 is 5.32 Å². The van der Waals surface area contributed by atoms with Crippen LogP contribution in [0.2, 0.25) is 0 Å². The summed E-state index contributed by atoms with van der Waals surface area (Å²) in [7, 11) is -3.00. The molecule has 1 aromatic carbocycles. The van der Waals surface area contributed by atoms with E-state index in [4.69, 9.17) is 0 Å². The molecule has 0 saturated carbocycles. The highest BCUT2D eigenvalue weighted by Crippen LogP contribution is 2.31. The number of benzene rings is 1. The Kier molecular flexibility index (Phi) is 3.16. The predicted molar refractivity (Wildman–Crippen MR) is 72.0 cm³/mol. The third-order valence-electron chi connectivity index (χ3n) is 4.15. The second-order valence-corrected chi connectivity index (χ2v) is 7.81. The van der Waals surface area contributed by atoms with Crippen LogP contribution in [0.1, 0.15) is 31.2 Å². The highest BCUT2D eigenvalue weighted by Gasteiger charge is 2.39. The maximum Gasteiger partial charge on any atom is 0.157 e. The average molecular weight is 265 g/mol. The molecule has 0 amide bonds. The lowest BCUT2D eigenvalue weighted by Crippen LogP contribution is -2.43. The molecule has 2 saturated heterocycles. The Balaban J connectivity index is 1.75. The first kappa shape index (κ1) is 12.2. The van der Waals surface area contributed by atoms with Crippen molar-refractivity contribution in [2.45, 2.75) is 48.8 Å². The summed E-state index contributed by atoms with van der Waals surface area (Å²) in [5.41, 5.74) is 0.906. The number of sulfone groups is 1. The largest absolute Gasteiger partial charge is 0.311 e. The number of fused-ring (bicyclic) bond motifs is 2. The molecular formula is C14H19NO2S. The zero-order valence-corrected chi connectivity index (χ0v) is 11.2. The quantitative estimate of drug-likeness (QED) is 0.907. The second kappa shape index (κ2) is 4.67. The molecule has 0 aliphatic carbocycles. The molecule has 2 aliphatic heterocycles. The van der Waals surface area contributed by atoms with Gasteiger partial charge in [-0.15, -0.1) is 0 Å². The lowest BCUT2D eigenvalue weighted by Gasteiger charge is -2.28. The van der Waals surface area contributed by atoms with Crippen LogP contribution in [0.25, 0.3) is 0 Å². The summed E-state index contributed by atoms with van der Waals surface area (Å²) in [6.07, 6.45) is 3.88. The summed E-state index contributed by atoms with van der Waals surface area (Å²) in [6, 6.07) is 10.4. The molecule has 2 fully saturated rings. The maximum absolute atomic E-state index is 12.4. The Hall–Kier alpha value is -0.870. The fourth-order valence-electron chi connectivity index (χ4n) is 3.22. The number of hydrogen-bond acceptors (Lipinski definition) is 3. The standard InChI is InChI=1S/C14H19NO2S/c16-18(17,10-11-4-2-1-3-5-11)14-8-12-6-7-13(9-14)15-12/h1-5,12-15H,6-10H2. The number of nitrogens with one attached hydrogen (secondary N) is 1. The number of rotatable bonds is 3. The van der Waals surface area contributed by atoms with Crippen molar-refractivity contribution in [3.8, 4) is 0 Å². The summed E-state index contributed by atoms with van der Waals surface area (Å²) in [5.74, 6) is 0.192. The van der Waals surface area contributed by atoms with Crippen LogP contribution in [0, 0.1) is 0 Å². The van der Waals surface area contributed by atoms with Gasteiger partial charge in [0.1, 0.15) is 0 Å². The minimum atomic E-state index is -3.00. The van der Waals surface area contributed by atoms with E-state index in [2.05, 4.69) is 5.32 Å². The molecule has 3 nitrogen and oxygen atoms in total. The van der Waals surface area contributed by atoms with E-state index in [0.717, 1.165) is 31.2 Å². The van der Waals surface area contributed by atoms with Gasteiger partial charge in [0, 0.05) is 12.1 Å². The SMILES string of the molecule is O=S(=O)(Cc1ccccc1)C1CC2CCC(C1)N2. The molecule has 2 aliphatic rings. The van der Waals surface area contributed by atoms with Crippen molar-refractivity contribution in [2.75, 3.05) is 0 Å². The number of hydrogen-bond donors (Lipinski definition) is 1. The maximum atomic E-state index is 12.4. The van der Waals surface area contributed by atoms with Crippen molar-refractivity contribution in [1.29, 1.82) is 0 Å². The van der Waals surface area contributed by atoms with Crippen molar-refractivity contribution in [3.63, 3.8) is 0 Å². The van der Waals surface area contributed by atoms with Gasteiger partial charge in [-0.1, -0.05) is 30.3 Å². The molecule has 1 N–H and O–H groups in total. The van der Waals surface area contributed by atoms with Gasteiger partial charge >= 0.3 is 0 Å². The van der Waals surface area contributed by atoms with E-state index in [-0.39, 0.29) is 11.0 Å². The highest BCUT2D eigenvalue weighted by atomic mass is 32.2. The summed E-state index contributed by atoms with van der Waals surface area (Å²) < 4.78 is 24.9. The molecule has 98 valence electrons. The van der Waals surface area contributed by atoms with Gasteiger partial charge < -0.3 is 5.32 Å². The Morgan fingerprint density at radius 1 is 1.06 bits per heavy atom. The van der Waals surface area contributed by atoms with Gasteiger partial charge in [0.05, 0.1) is 11.0 Å². The van der Waals surface area contributed by atoms with E-state index in [1.165, 1.54) is 0 Å². The van der Waals surface area contributed by atoms with E-state index < -0.39 is 9.84 Å². The molecule has 4 heteroatoms. The van der Waals surface area contributed by atoms with Crippen molar-refractivity contribution in [1.82, 2.24) is 5.32 Å². The van der Waals surface area contributed by atoms with Crippen LogP contribution >= 0.6 is 0 Å². The van der Waals surface area contributed by atoms with Gasteiger partial charge in [-0.2, -0.15) is 0 Å². The summed E-state index contributed by atoms with van der Waals surface area (Å²) in [6.45, 7) is 0. The van der Waals surface area contributed by atoms with E-state index in [9.17, 15) is 8.42 Å². The number of piperidine rings is 1. The van der Waals surface area contributed by atoms with Gasteiger partial charge in [-0.25, -0.2) is 8.42 Å². The van der Waals surface area contributed by atoms with Crippen LogP contribution in [0.15, 0.2) is 30.3 Å². The van der Waals surface area contributed by atoms with E-state index >= 15 is 0 Å². The normalized spacial score (nSPS) is 31.4. The average Bonchev–Trinajstić information content (AvgIpc) is 2.69. The Labute approximate surface area is 109 Å². The van der Waals surface area contributed by atoms with Gasteiger partial charge in [0.2, 0.25) is 0 Å². The predicted octanol–water partition coefficient (Wildman–Crippen LogP) is 1.88. The van der Waals surface area contributed by atoms with Crippen molar-refractivity contribution in [2.24, 2.45) is 0 Å². The third kappa shape index (κ3) is 2.45. The van der Waals surface area contributed by atoms with Crippen molar-refractivity contribution >= 4 is 9.84 Å². The van der Waals surface area contributed by atoms with Gasteiger partial charge in [0.25, 0.3) is 0 Å². The Morgan fingerprint density at radius 2 is 1.67 bits per heavy atom. The monoisotopic (exact) mass is 265 g/mol. The summed E-state index contributed by atoms with van der Waals surface area (Å²) >= 11 is 0. The Morgan fingerprint density at radius 3 is 2.28 bits per heavy atom. The minimum Gasteiger partial charge on any atom is -0.311 e. The molecule has 2 bridgehead atoms. The second-order valence-electron chi connectivity index (χ2n) is 5.52. The molecule has 18 heavy (non-hydrogen) atoms. The fourth-order valence-corrected chi connectivity index (χ4v) is 5.17. The third-order valence-corrected chi connectivity index (χ3v) is 6.28. The highest BCUT2D eigenvalue weighted by molar-refractivity contribution is 7.91. The molecule has 3 rings (SSSR count). The molecule has 0 radical (unpaired) electrons. The first-order valence-corrected chi connectivity index (χ1v) is 8.36. The molecule has 2 unspecified atom stereocenters. The van der Waals surface area contributed by atoms with Crippen LogP contribution in [-0.2, 0) is 15.6 Å². The van der Waals surface area contributed by atoms with Crippen LogP contribution in [0.3, 0.4) is 0 Å².